The summed E-state index contributed by atoms with van der Waals surface area (Å²) >= 11 is 0. The molecule has 20 heavy (non-hydrogen) atoms. The molecule has 1 heterocycles. The molecule has 0 saturated heterocycles. The molecule has 0 amide bonds. The molecule has 1 saturated carbocycles. The average Bonchev–Trinajstić information content (AvgIpc) is 2.90. The van der Waals surface area contributed by atoms with Crippen LogP contribution in [0.3, 0.4) is 0 Å². The molecule has 0 bridgehead atoms. The molecule has 6 heteroatoms. The second kappa shape index (κ2) is 4.63. The standard InChI is InChI=1S/C14H20N4O2/c1-4-19-11-7-10(14(11,2)3)16-9-6-5-8(15)12-13(9)18-20-17-12/h5-6,10-11,16H,4,7,15H2,1-3H3. The minimum absolute atomic E-state index is 0.0842. The highest BCUT2D eigenvalue weighted by Crippen LogP contribution is 2.45. The number of benzene rings is 1. The fourth-order valence-corrected chi connectivity index (χ4v) is 2.80. The van der Waals surface area contributed by atoms with Gasteiger partial charge in [0.1, 0.15) is 0 Å². The van der Waals surface area contributed by atoms with Crippen molar-refractivity contribution in [2.75, 3.05) is 17.7 Å². The lowest BCUT2D eigenvalue weighted by molar-refractivity contribution is -0.0975. The number of aromatic nitrogens is 2. The third-order valence-electron chi connectivity index (χ3n) is 4.32. The normalized spacial score (nSPS) is 24.6. The van der Waals surface area contributed by atoms with E-state index in [2.05, 4.69) is 29.5 Å². The van der Waals surface area contributed by atoms with Crippen molar-refractivity contribution in [2.45, 2.75) is 39.3 Å². The fraction of sp³-hybridized carbons (Fsp3) is 0.571. The quantitative estimate of drug-likeness (QED) is 0.834. The number of nitrogen functional groups attached to an aromatic ring is 1. The van der Waals surface area contributed by atoms with Crippen LogP contribution < -0.4 is 11.1 Å². The summed E-state index contributed by atoms with van der Waals surface area (Å²) in [6.45, 7) is 7.20. The molecule has 0 spiro atoms. The summed E-state index contributed by atoms with van der Waals surface area (Å²) in [4.78, 5) is 0. The van der Waals surface area contributed by atoms with Gasteiger partial charge < -0.3 is 15.8 Å². The van der Waals surface area contributed by atoms with E-state index in [9.17, 15) is 0 Å². The van der Waals surface area contributed by atoms with Gasteiger partial charge in [0.25, 0.3) is 0 Å². The van der Waals surface area contributed by atoms with Crippen molar-refractivity contribution in [2.24, 2.45) is 5.41 Å². The molecule has 0 aliphatic heterocycles. The smallest absolute Gasteiger partial charge is 0.160 e. The van der Waals surface area contributed by atoms with E-state index in [0.29, 0.717) is 28.9 Å². The second-order valence-electron chi connectivity index (χ2n) is 5.86. The fourth-order valence-electron chi connectivity index (χ4n) is 2.80. The first-order valence-corrected chi connectivity index (χ1v) is 6.93. The maximum atomic E-state index is 5.85. The molecular weight excluding hydrogens is 256 g/mol. The molecule has 2 aromatic rings. The summed E-state index contributed by atoms with van der Waals surface area (Å²) < 4.78 is 10.5. The molecule has 3 rings (SSSR count). The van der Waals surface area contributed by atoms with Gasteiger partial charge in [0.05, 0.1) is 17.5 Å². The van der Waals surface area contributed by atoms with Gasteiger partial charge in [0, 0.05) is 18.1 Å². The number of rotatable bonds is 4. The van der Waals surface area contributed by atoms with Crippen LogP contribution in [0.5, 0.6) is 0 Å². The van der Waals surface area contributed by atoms with Crippen molar-refractivity contribution in [3.05, 3.63) is 12.1 Å². The lowest BCUT2D eigenvalue weighted by atomic mass is 9.64. The molecule has 0 radical (unpaired) electrons. The van der Waals surface area contributed by atoms with Crippen LogP contribution in [-0.2, 0) is 4.74 Å². The maximum Gasteiger partial charge on any atom is 0.160 e. The Morgan fingerprint density at radius 1 is 1.40 bits per heavy atom. The molecule has 108 valence electrons. The molecular formula is C14H20N4O2. The lowest BCUT2D eigenvalue weighted by Crippen LogP contribution is -2.58. The molecule has 3 N–H and O–H groups in total. The number of fused-ring (bicyclic) bond motifs is 1. The van der Waals surface area contributed by atoms with Crippen LogP contribution in [0.1, 0.15) is 27.2 Å². The number of hydrogen-bond acceptors (Lipinski definition) is 6. The van der Waals surface area contributed by atoms with Gasteiger partial charge >= 0.3 is 0 Å². The SMILES string of the molecule is CCOC1CC(Nc2ccc(N)c3nonc23)C1(C)C. The maximum absolute atomic E-state index is 5.85. The van der Waals surface area contributed by atoms with Crippen LogP contribution in [0, 0.1) is 5.41 Å². The van der Waals surface area contributed by atoms with Gasteiger partial charge in [0.2, 0.25) is 0 Å². The highest BCUT2D eigenvalue weighted by Gasteiger charge is 2.49. The van der Waals surface area contributed by atoms with Crippen molar-refractivity contribution in [1.29, 1.82) is 0 Å². The Bertz CT molecular complexity index is 623. The van der Waals surface area contributed by atoms with Gasteiger partial charge in [0.15, 0.2) is 11.0 Å². The monoisotopic (exact) mass is 276 g/mol. The molecule has 6 nitrogen and oxygen atoms in total. The van der Waals surface area contributed by atoms with E-state index in [1.54, 1.807) is 0 Å². The largest absolute Gasteiger partial charge is 0.397 e. The van der Waals surface area contributed by atoms with Crippen molar-refractivity contribution in [3.63, 3.8) is 0 Å². The first-order valence-electron chi connectivity index (χ1n) is 6.93. The van der Waals surface area contributed by atoms with Crippen LogP contribution in [0.2, 0.25) is 0 Å². The zero-order valence-corrected chi connectivity index (χ0v) is 12.0. The lowest BCUT2D eigenvalue weighted by Gasteiger charge is -2.52. The molecule has 1 aliphatic carbocycles. The minimum Gasteiger partial charge on any atom is -0.397 e. The van der Waals surface area contributed by atoms with Crippen LogP contribution in [-0.4, -0.2) is 29.1 Å². The van der Waals surface area contributed by atoms with Gasteiger partial charge in [-0.05, 0) is 35.8 Å². The third kappa shape index (κ3) is 1.91. The predicted octanol–water partition coefficient (Wildman–Crippen LogP) is 2.42. The zero-order valence-electron chi connectivity index (χ0n) is 12.0. The van der Waals surface area contributed by atoms with Crippen LogP contribution >= 0.6 is 0 Å². The number of nitrogens with zero attached hydrogens (tertiary/aromatic N) is 2. The third-order valence-corrected chi connectivity index (χ3v) is 4.32. The number of anilines is 2. The Hall–Kier alpha value is -1.82. The molecule has 2 atom stereocenters. The van der Waals surface area contributed by atoms with E-state index in [1.807, 2.05) is 19.1 Å². The topological polar surface area (TPSA) is 86.2 Å². The summed E-state index contributed by atoms with van der Waals surface area (Å²) in [6, 6.07) is 4.08. The van der Waals surface area contributed by atoms with Crippen molar-refractivity contribution in [3.8, 4) is 0 Å². The Balaban J connectivity index is 1.81. The zero-order chi connectivity index (χ0) is 14.3. The highest BCUT2D eigenvalue weighted by atomic mass is 16.6. The summed E-state index contributed by atoms with van der Waals surface area (Å²) in [5.74, 6) is 0. The number of nitrogens with two attached hydrogens (primary N) is 1. The molecule has 1 fully saturated rings. The van der Waals surface area contributed by atoms with Gasteiger partial charge in [-0.3, -0.25) is 0 Å². The van der Waals surface area contributed by atoms with E-state index >= 15 is 0 Å². The van der Waals surface area contributed by atoms with Crippen LogP contribution in [0.15, 0.2) is 16.8 Å². The van der Waals surface area contributed by atoms with E-state index in [0.717, 1.165) is 18.7 Å². The van der Waals surface area contributed by atoms with Gasteiger partial charge in [-0.25, -0.2) is 4.63 Å². The summed E-state index contributed by atoms with van der Waals surface area (Å²) in [5.41, 5.74) is 8.70. The average molecular weight is 276 g/mol. The van der Waals surface area contributed by atoms with Gasteiger partial charge in [-0.15, -0.1) is 0 Å². The van der Waals surface area contributed by atoms with E-state index in [4.69, 9.17) is 15.1 Å². The molecule has 2 unspecified atom stereocenters. The summed E-state index contributed by atoms with van der Waals surface area (Å²) in [6.07, 6.45) is 1.28. The molecule has 1 aromatic carbocycles. The van der Waals surface area contributed by atoms with Crippen LogP contribution in [0.4, 0.5) is 11.4 Å². The number of ether oxygens (including phenoxy) is 1. The van der Waals surface area contributed by atoms with E-state index in [-0.39, 0.29) is 5.41 Å². The predicted molar refractivity (Wildman–Crippen MR) is 77.4 cm³/mol. The van der Waals surface area contributed by atoms with E-state index in [1.165, 1.54) is 0 Å². The Labute approximate surface area is 117 Å². The Morgan fingerprint density at radius 3 is 2.85 bits per heavy atom. The van der Waals surface area contributed by atoms with Gasteiger partial charge in [-0.2, -0.15) is 0 Å². The number of hydrogen-bond donors (Lipinski definition) is 2. The second-order valence-corrected chi connectivity index (χ2v) is 5.86. The van der Waals surface area contributed by atoms with Crippen LogP contribution in [0.25, 0.3) is 11.0 Å². The minimum atomic E-state index is 0.0842. The molecule has 1 aliphatic rings. The van der Waals surface area contributed by atoms with Crippen molar-refractivity contribution >= 4 is 22.4 Å². The Morgan fingerprint density at radius 2 is 2.15 bits per heavy atom. The van der Waals surface area contributed by atoms with Crippen molar-refractivity contribution < 1.29 is 9.37 Å². The Kier molecular flexibility index (Phi) is 3.05. The first kappa shape index (κ1) is 13.2. The summed E-state index contributed by atoms with van der Waals surface area (Å²) in [7, 11) is 0. The van der Waals surface area contributed by atoms with E-state index < -0.39 is 0 Å². The van der Waals surface area contributed by atoms with Gasteiger partial charge in [-0.1, -0.05) is 13.8 Å². The molecule has 1 aromatic heterocycles. The first-order chi connectivity index (χ1) is 9.54. The van der Waals surface area contributed by atoms with Crippen molar-refractivity contribution in [1.82, 2.24) is 10.3 Å². The highest BCUT2D eigenvalue weighted by molar-refractivity contribution is 5.95. The number of nitrogens with one attached hydrogen (secondary N) is 1. The summed E-state index contributed by atoms with van der Waals surface area (Å²) in [5, 5.41) is 11.3.